The zero-order valence-corrected chi connectivity index (χ0v) is 15.4. The number of benzene rings is 2. The standard InChI is InChI=1S/C21H24N2O4/c1-16(24)22-18-9-11-19(12-10-18)23-20(25)13-14-21(26)27-15-5-8-17-6-3-2-4-7-17/h2-4,6-7,9-12H,5,8,13-15H2,1H3,(H,22,24)(H,23,25). The molecule has 0 heterocycles. The third-order valence-corrected chi connectivity index (χ3v) is 3.76. The van der Waals surface area contributed by atoms with Gasteiger partial charge in [-0.05, 0) is 42.7 Å². The van der Waals surface area contributed by atoms with Crippen LogP contribution in [0.5, 0.6) is 0 Å². The highest BCUT2D eigenvalue weighted by molar-refractivity contribution is 5.93. The molecule has 2 aromatic rings. The van der Waals surface area contributed by atoms with E-state index in [4.69, 9.17) is 4.74 Å². The largest absolute Gasteiger partial charge is 0.466 e. The Morgan fingerprint density at radius 3 is 2.11 bits per heavy atom. The number of amides is 2. The van der Waals surface area contributed by atoms with Gasteiger partial charge in [-0.3, -0.25) is 14.4 Å². The number of aryl methyl sites for hydroxylation is 1. The van der Waals surface area contributed by atoms with Crippen LogP contribution in [0.1, 0.15) is 31.7 Å². The summed E-state index contributed by atoms with van der Waals surface area (Å²) in [6.45, 7) is 1.77. The number of nitrogens with one attached hydrogen (secondary N) is 2. The third kappa shape index (κ3) is 8.18. The van der Waals surface area contributed by atoms with Gasteiger partial charge in [-0.1, -0.05) is 30.3 Å². The number of hydrogen-bond donors (Lipinski definition) is 2. The van der Waals surface area contributed by atoms with E-state index < -0.39 is 0 Å². The van der Waals surface area contributed by atoms with Crippen LogP contribution >= 0.6 is 0 Å². The Morgan fingerprint density at radius 2 is 1.48 bits per heavy atom. The Bertz CT molecular complexity index is 758. The molecule has 0 bridgehead atoms. The summed E-state index contributed by atoms with van der Waals surface area (Å²) in [5.41, 5.74) is 2.46. The zero-order chi connectivity index (χ0) is 19.5. The molecule has 0 fully saturated rings. The fourth-order valence-electron chi connectivity index (χ4n) is 2.46. The van der Waals surface area contributed by atoms with Gasteiger partial charge in [-0.2, -0.15) is 0 Å². The van der Waals surface area contributed by atoms with Crippen LogP contribution in [-0.2, 0) is 25.5 Å². The summed E-state index contributed by atoms with van der Waals surface area (Å²) in [5.74, 6) is -0.795. The molecule has 27 heavy (non-hydrogen) atoms. The van der Waals surface area contributed by atoms with Crippen molar-refractivity contribution in [2.24, 2.45) is 0 Å². The van der Waals surface area contributed by atoms with Crippen LogP contribution in [0, 0.1) is 0 Å². The average Bonchev–Trinajstić information content (AvgIpc) is 2.65. The average molecular weight is 368 g/mol. The van der Waals surface area contributed by atoms with Gasteiger partial charge in [0.1, 0.15) is 0 Å². The Labute approximate surface area is 158 Å². The molecule has 0 saturated carbocycles. The first-order valence-electron chi connectivity index (χ1n) is 8.90. The molecule has 0 radical (unpaired) electrons. The van der Waals surface area contributed by atoms with Gasteiger partial charge in [0.25, 0.3) is 0 Å². The quantitative estimate of drug-likeness (QED) is 0.524. The lowest BCUT2D eigenvalue weighted by atomic mass is 10.1. The van der Waals surface area contributed by atoms with Crippen LogP contribution in [0.2, 0.25) is 0 Å². The predicted molar refractivity (Wildman–Crippen MR) is 104 cm³/mol. The molecule has 0 unspecified atom stereocenters. The van der Waals surface area contributed by atoms with Crippen LogP contribution in [0.3, 0.4) is 0 Å². The zero-order valence-electron chi connectivity index (χ0n) is 15.4. The molecule has 0 atom stereocenters. The van der Waals surface area contributed by atoms with Gasteiger partial charge in [0.15, 0.2) is 0 Å². The highest BCUT2D eigenvalue weighted by Crippen LogP contribution is 2.14. The molecule has 2 amide bonds. The molecule has 2 rings (SSSR count). The minimum absolute atomic E-state index is 0.0428. The summed E-state index contributed by atoms with van der Waals surface area (Å²) in [6.07, 6.45) is 1.71. The van der Waals surface area contributed by atoms with Crippen molar-refractivity contribution in [2.45, 2.75) is 32.6 Å². The van der Waals surface area contributed by atoms with E-state index in [9.17, 15) is 14.4 Å². The predicted octanol–water partition coefficient (Wildman–Crippen LogP) is 3.54. The number of esters is 1. The smallest absolute Gasteiger partial charge is 0.306 e. The number of carbonyl (C=O) groups excluding carboxylic acids is 3. The van der Waals surface area contributed by atoms with Crippen molar-refractivity contribution < 1.29 is 19.1 Å². The minimum Gasteiger partial charge on any atom is -0.466 e. The number of rotatable bonds is 9. The molecular weight excluding hydrogens is 344 g/mol. The topological polar surface area (TPSA) is 84.5 Å². The molecule has 2 aromatic carbocycles. The van der Waals surface area contributed by atoms with Crippen LogP contribution in [0.15, 0.2) is 54.6 Å². The molecule has 142 valence electrons. The Kier molecular flexibility index (Phi) is 8.03. The molecule has 0 aliphatic heterocycles. The van der Waals surface area contributed by atoms with Crippen molar-refractivity contribution in [1.29, 1.82) is 0 Å². The van der Waals surface area contributed by atoms with Crippen LogP contribution in [0.25, 0.3) is 0 Å². The van der Waals surface area contributed by atoms with Gasteiger partial charge in [-0.15, -0.1) is 0 Å². The number of carbonyl (C=O) groups is 3. The van der Waals surface area contributed by atoms with Gasteiger partial charge >= 0.3 is 5.97 Å². The fraction of sp³-hybridized carbons (Fsp3) is 0.286. The van der Waals surface area contributed by atoms with Gasteiger partial charge in [0, 0.05) is 24.7 Å². The van der Waals surface area contributed by atoms with Gasteiger partial charge in [0.05, 0.1) is 13.0 Å². The molecule has 0 aromatic heterocycles. The Morgan fingerprint density at radius 1 is 0.852 bits per heavy atom. The van der Waals surface area contributed by atoms with Gasteiger partial charge in [0.2, 0.25) is 11.8 Å². The van der Waals surface area contributed by atoms with Crippen molar-refractivity contribution >= 4 is 29.2 Å². The van der Waals surface area contributed by atoms with E-state index in [1.807, 2.05) is 30.3 Å². The molecule has 0 aliphatic rings. The second-order valence-corrected chi connectivity index (χ2v) is 6.12. The van der Waals surface area contributed by atoms with Crippen LogP contribution in [-0.4, -0.2) is 24.4 Å². The first-order chi connectivity index (χ1) is 13.0. The second-order valence-electron chi connectivity index (χ2n) is 6.12. The van der Waals surface area contributed by atoms with E-state index in [1.54, 1.807) is 24.3 Å². The lowest BCUT2D eigenvalue weighted by molar-refractivity contribution is -0.144. The Balaban J connectivity index is 1.61. The summed E-state index contributed by atoms with van der Waals surface area (Å²) in [4.78, 5) is 34.6. The number of hydrogen-bond acceptors (Lipinski definition) is 4. The van der Waals surface area contributed by atoms with E-state index >= 15 is 0 Å². The van der Waals surface area contributed by atoms with E-state index in [-0.39, 0.29) is 30.6 Å². The van der Waals surface area contributed by atoms with Crippen molar-refractivity contribution in [1.82, 2.24) is 0 Å². The first kappa shape index (κ1) is 20.2. The summed E-state index contributed by atoms with van der Waals surface area (Å²) >= 11 is 0. The lowest BCUT2D eigenvalue weighted by Crippen LogP contribution is -2.15. The molecule has 0 spiro atoms. The number of anilines is 2. The van der Waals surface area contributed by atoms with Crippen molar-refractivity contribution in [3.63, 3.8) is 0 Å². The van der Waals surface area contributed by atoms with E-state index in [1.165, 1.54) is 12.5 Å². The Hall–Kier alpha value is -3.15. The first-order valence-corrected chi connectivity index (χ1v) is 8.90. The highest BCUT2D eigenvalue weighted by atomic mass is 16.5. The van der Waals surface area contributed by atoms with Gasteiger partial charge < -0.3 is 15.4 Å². The molecular formula is C21H24N2O4. The molecule has 0 saturated heterocycles. The summed E-state index contributed by atoms with van der Waals surface area (Å²) in [6, 6.07) is 16.8. The maximum atomic E-state index is 11.9. The molecule has 0 aliphatic carbocycles. The normalized spacial score (nSPS) is 10.1. The minimum atomic E-state index is -0.376. The van der Waals surface area contributed by atoms with Crippen molar-refractivity contribution in [3.8, 4) is 0 Å². The molecule has 6 heteroatoms. The maximum absolute atomic E-state index is 11.9. The van der Waals surface area contributed by atoms with Crippen molar-refractivity contribution in [3.05, 3.63) is 60.2 Å². The molecule has 6 nitrogen and oxygen atoms in total. The summed E-state index contributed by atoms with van der Waals surface area (Å²) in [7, 11) is 0. The lowest BCUT2D eigenvalue weighted by Gasteiger charge is -2.07. The van der Waals surface area contributed by atoms with E-state index in [0.717, 1.165) is 12.8 Å². The summed E-state index contributed by atoms with van der Waals surface area (Å²) in [5, 5.41) is 5.35. The number of ether oxygens (including phenoxy) is 1. The maximum Gasteiger partial charge on any atom is 0.306 e. The van der Waals surface area contributed by atoms with Crippen LogP contribution in [0.4, 0.5) is 11.4 Å². The van der Waals surface area contributed by atoms with Gasteiger partial charge in [-0.25, -0.2) is 0 Å². The molecule has 2 N–H and O–H groups in total. The van der Waals surface area contributed by atoms with E-state index in [2.05, 4.69) is 10.6 Å². The monoisotopic (exact) mass is 368 g/mol. The highest BCUT2D eigenvalue weighted by Gasteiger charge is 2.08. The van der Waals surface area contributed by atoms with E-state index in [0.29, 0.717) is 18.0 Å². The fourth-order valence-corrected chi connectivity index (χ4v) is 2.46. The SMILES string of the molecule is CC(=O)Nc1ccc(NC(=O)CCC(=O)OCCCc2ccccc2)cc1. The van der Waals surface area contributed by atoms with Crippen molar-refractivity contribution in [2.75, 3.05) is 17.2 Å². The second kappa shape index (κ2) is 10.8. The third-order valence-electron chi connectivity index (χ3n) is 3.76. The van der Waals surface area contributed by atoms with Crippen LogP contribution < -0.4 is 10.6 Å². The summed E-state index contributed by atoms with van der Waals surface area (Å²) < 4.78 is 5.16.